The Hall–Kier alpha value is -2.82. The molecule has 3 aromatic rings. The Balaban J connectivity index is 1.58. The molecule has 2 aromatic heterocycles. The zero-order valence-corrected chi connectivity index (χ0v) is 19.9. The van der Waals surface area contributed by atoms with Gasteiger partial charge in [-0.2, -0.15) is 4.31 Å². The molecule has 1 aliphatic rings. The minimum atomic E-state index is -3.82. The number of imidazole rings is 1. The molecule has 0 radical (unpaired) electrons. The fourth-order valence-corrected chi connectivity index (χ4v) is 5.96. The monoisotopic (exact) mass is 486 g/mol. The lowest BCUT2D eigenvalue weighted by Gasteiger charge is -2.43. The minimum Gasteiger partial charge on any atom is -0.460 e. The molecule has 33 heavy (non-hydrogen) atoms. The van der Waals surface area contributed by atoms with Gasteiger partial charge in [0.05, 0.1) is 15.3 Å². The van der Waals surface area contributed by atoms with E-state index < -0.39 is 34.1 Å². The molecule has 0 amide bonds. The molecule has 2 atom stereocenters. The number of ether oxygens (including phenoxy) is 1. The third-order valence-corrected chi connectivity index (χ3v) is 8.44. The molecule has 0 saturated heterocycles. The van der Waals surface area contributed by atoms with Gasteiger partial charge in [0.1, 0.15) is 18.3 Å². The van der Waals surface area contributed by atoms with Crippen LogP contribution in [0, 0.1) is 0 Å². The van der Waals surface area contributed by atoms with Crippen LogP contribution in [0.25, 0.3) is 5.65 Å². The maximum atomic E-state index is 12.9. The highest BCUT2D eigenvalue weighted by molar-refractivity contribution is 7.89. The number of nitrogens with two attached hydrogens (primary N) is 1. The van der Waals surface area contributed by atoms with Crippen LogP contribution in [0.3, 0.4) is 0 Å². The van der Waals surface area contributed by atoms with Crippen LogP contribution in [0.15, 0.2) is 66.0 Å². The lowest BCUT2D eigenvalue weighted by molar-refractivity contribution is -0.153. The Labute approximate surface area is 198 Å². The van der Waals surface area contributed by atoms with E-state index in [4.69, 9.17) is 22.7 Å². The van der Waals surface area contributed by atoms with Gasteiger partial charge in [0.25, 0.3) is 0 Å². The number of likely N-dealkylation sites (N-methyl/N-ethyl adjacent to an activating group) is 1. The van der Waals surface area contributed by atoms with Gasteiger partial charge in [-0.05, 0) is 43.0 Å². The number of pyridine rings is 1. The van der Waals surface area contributed by atoms with E-state index >= 15 is 0 Å². The highest BCUT2D eigenvalue weighted by atomic mass is 32.2. The summed E-state index contributed by atoms with van der Waals surface area (Å²) < 4.78 is 34.3. The molecular formula is C23H26N4O4S2. The molecule has 0 bridgehead atoms. The highest BCUT2D eigenvalue weighted by Crippen LogP contribution is 2.42. The van der Waals surface area contributed by atoms with Gasteiger partial charge in [0, 0.05) is 25.6 Å². The van der Waals surface area contributed by atoms with Crippen LogP contribution in [0.1, 0.15) is 31.2 Å². The van der Waals surface area contributed by atoms with E-state index in [0.29, 0.717) is 12.8 Å². The average molecular weight is 487 g/mol. The van der Waals surface area contributed by atoms with Crippen molar-refractivity contribution in [1.82, 2.24) is 13.7 Å². The normalized spacial score (nSPS) is 21.2. The Kier molecular flexibility index (Phi) is 6.51. The van der Waals surface area contributed by atoms with Gasteiger partial charge in [-0.25, -0.2) is 13.4 Å². The van der Waals surface area contributed by atoms with Gasteiger partial charge < -0.3 is 14.9 Å². The van der Waals surface area contributed by atoms with Crippen LogP contribution < -0.4 is 5.73 Å². The third-order valence-electron chi connectivity index (χ3n) is 6.26. The van der Waals surface area contributed by atoms with Crippen molar-refractivity contribution >= 4 is 38.8 Å². The van der Waals surface area contributed by atoms with E-state index in [2.05, 4.69) is 4.98 Å². The van der Waals surface area contributed by atoms with Gasteiger partial charge in [-0.15, -0.1) is 0 Å². The average Bonchev–Trinajstić information content (AvgIpc) is 3.27. The fraction of sp³-hybridized carbons (Fsp3) is 0.348. The molecule has 10 heteroatoms. The summed E-state index contributed by atoms with van der Waals surface area (Å²) in [4.78, 5) is 17.5. The number of benzene rings is 1. The standard InChI is InChI=1S/C23H26N4O4S2/c1-26(33(29,30)18-7-3-2-4-8-18)16-21(28)31-19-9-5-6-12-23(19,22(24)32)17-10-11-20-25-13-14-27(20)15-17/h2-4,7-8,10-11,13-15,19H,5-6,9,12,16H2,1H3,(H2,24,32). The number of carbonyl (C=O) groups is 1. The number of hydrogen-bond donors (Lipinski definition) is 1. The summed E-state index contributed by atoms with van der Waals surface area (Å²) in [5.74, 6) is -0.645. The first-order valence-electron chi connectivity index (χ1n) is 10.7. The summed E-state index contributed by atoms with van der Waals surface area (Å²) in [6, 6.07) is 11.8. The second kappa shape index (κ2) is 9.20. The molecule has 0 spiro atoms. The molecule has 8 nitrogen and oxygen atoms in total. The molecule has 174 valence electrons. The highest BCUT2D eigenvalue weighted by Gasteiger charge is 2.47. The van der Waals surface area contributed by atoms with Crippen molar-refractivity contribution in [3.63, 3.8) is 0 Å². The summed E-state index contributed by atoms with van der Waals surface area (Å²) >= 11 is 5.51. The predicted molar refractivity (Wildman–Crippen MR) is 128 cm³/mol. The molecule has 2 unspecified atom stereocenters. The fourth-order valence-electron chi connectivity index (χ4n) is 4.47. The molecule has 2 N–H and O–H groups in total. The number of thiocarbonyl (C=S) groups is 1. The molecule has 1 aliphatic carbocycles. The third kappa shape index (κ3) is 4.38. The molecule has 0 aliphatic heterocycles. The molecule has 4 rings (SSSR count). The number of hydrogen-bond acceptors (Lipinski definition) is 6. The summed E-state index contributed by atoms with van der Waals surface area (Å²) in [7, 11) is -2.46. The van der Waals surface area contributed by atoms with Crippen LogP contribution in [0.4, 0.5) is 0 Å². The van der Waals surface area contributed by atoms with Crippen molar-refractivity contribution < 1.29 is 17.9 Å². The van der Waals surface area contributed by atoms with E-state index in [1.54, 1.807) is 24.4 Å². The van der Waals surface area contributed by atoms with Crippen molar-refractivity contribution in [3.05, 3.63) is 66.6 Å². The second-order valence-electron chi connectivity index (χ2n) is 8.24. The number of fused-ring (bicyclic) bond motifs is 1. The zero-order valence-electron chi connectivity index (χ0n) is 18.3. The lowest BCUT2D eigenvalue weighted by atomic mass is 9.67. The quantitative estimate of drug-likeness (QED) is 0.404. The van der Waals surface area contributed by atoms with Gasteiger partial charge in [-0.1, -0.05) is 42.9 Å². The zero-order chi connectivity index (χ0) is 23.6. The van der Waals surface area contributed by atoms with E-state index in [0.717, 1.165) is 28.4 Å². The van der Waals surface area contributed by atoms with E-state index in [1.807, 2.05) is 28.9 Å². The van der Waals surface area contributed by atoms with Gasteiger partial charge in [0.15, 0.2) is 0 Å². The maximum absolute atomic E-state index is 12.9. The van der Waals surface area contributed by atoms with E-state index in [1.165, 1.54) is 19.2 Å². The van der Waals surface area contributed by atoms with Crippen LogP contribution in [0.2, 0.25) is 0 Å². The first kappa shape index (κ1) is 23.3. The van der Waals surface area contributed by atoms with Gasteiger partial charge >= 0.3 is 5.97 Å². The number of esters is 1. The number of sulfonamides is 1. The number of rotatable bonds is 7. The van der Waals surface area contributed by atoms with Crippen molar-refractivity contribution in [3.8, 4) is 0 Å². The summed E-state index contributed by atoms with van der Waals surface area (Å²) in [6.45, 7) is -0.415. The molecule has 1 fully saturated rings. The SMILES string of the molecule is CN(CC(=O)OC1CCCCC1(C(N)=S)c1ccc2nccn2c1)S(=O)(=O)c1ccccc1. The van der Waals surface area contributed by atoms with Crippen molar-refractivity contribution in [2.45, 2.75) is 42.1 Å². The van der Waals surface area contributed by atoms with Crippen molar-refractivity contribution in [2.24, 2.45) is 5.73 Å². The van der Waals surface area contributed by atoms with Crippen LogP contribution in [-0.2, 0) is 25.0 Å². The van der Waals surface area contributed by atoms with Crippen LogP contribution >= 0.6 is 12.2 Å². The molecule has 2 heterocycles. The summed E-state index contributed by atoms with van der Waals surface area (Å²) in [6.07, 6.45) is 7.82. The molecule has 1 aromatic carbocycles. The topological polar surface area (TPSA) is 107 Å². The largest absolute Gasteiger partial charge is 0.460 e. The van der Waals surface area contributed by atoms with E-state index in [-0.39, 0.29) is 9.88 Å². The van der Waals surface area contributed by atoms with Crippen molar-refractivity contribution in [2.75, 3.05) is 13.6 Å². The van der Waals surface area contributed by atoms with E-state index in [9.17, 15) is 13.2 Å². The first-order valence-corrected chi connectivity index (χ1v) is 12.5. The van der Waals surface area contributed by atoms with Gasteiger partial charge in [0.2, 0.25) is 10.0 Å². The van der Waals surface area contributed by atoms with Gasteiger partial charge in [-0.3, -0.25) is 4.79 Å². The Morgan fingerprint density at radius 2 is 2.03 bits per heavy atom. The Morgan fingerprint density at radius 3 is 2.76 bits per heavy atom. The first-order chi connectivity index (χ1) is 15.7. The predicted octanol–water partition coefficient (Wildman–Crippen LogP) is 2.66. The second-order valence-corrected chi connectivity index (χ2v) is 10.7. The minimum absolute atomic E-state index is 0.115. The lowest BCUT2D eigenvalue weighted by Crippen LogP contribution is -2.53. The van der Waals surface area contributed by atoms with Crippen molar-refractivity contribution in [1.29, 1.82) is 0 Å². The summed E-state index contributed by atoms with van der Waals surface area (Å²) in [5, 5.41) is 0. The van der Waals surface area contributed by atoms with Crippen LogP contribution in [0.5, 0.6) is 0 Å². The number of aromatic nitrogens is 2. The Morgan fingerprint density at radius 1 is 1.27 bits per heavy atom. The smallest absolute Gasteiger partial charge is 0.321 e. The molecule has 1 saturated carbocycles. The summed E-state index contributed by atoms with van der Waals surface area (Å²) in [5.41, 5.74) is 7.08. The Bertz CT molecular complexity index is 1280. The maximum Gasteiger partial charge on any atom is 0.321 e. The molecular weight excluding hydrogens is 460 g/mol. The number of carbonyl (C=O) groups excluding carboxylic acids is 1. The van der Waals surface area contributed by atoms with Crippen LogP contribution in [-0.4, -0.2) is 52.8 Å². The number of nitrogens with zero attached hydrogens (tertiary/aromatic N) is 3.